The zero-order valence-corrected chi connectivity index (χ0v) is 13.9. The Balaban J connectivity index is 1.74. The third-order valence-electron chi connectivity index (χ3n) is 4.03. The van der Waals surface area contributed by atoms with Gasteiger partial charge in [0.25, 0.3) is 11.6 Å². The number of carbonyl (C=O) groups excluding carboxylic acids is 2. The van der Waals surface area contributed by atoms with E-state index in [1.54, 1.807) is 0 Å². The third-order valence-corrected chi connectivity index (χ3v) is 4.35. The average molecular weight is 355 g/mol. The minimum Gasteiger partial charge on any atom is -0.456 e. The molecule has 0 aromatic heterocycles. The van der Waals surface area contributed by atoms with E-state index in [9.17, 15) is 19.7 Å². The van der Waals surface area contributed by atoms with Crippen LogP contribution in [0.5, 0.6) is 0 Å². The van der Waals surface area contributed by atoms with Gasteiger partial charge in [-0.05, 0) is 18.4 Å². The minimum atomic E-state index is -0.580. The van der Waals surface area contributed by atoms with Crippen molar-refractivity contribution in [2.75, 3.05) is 11.9 Å². The molecule has 8 heteroatoms. The van der Waals surface area contributed by atoms with Crippen LogP contribution in [0, 0.1) is 16.0 Å². The van der Waals surface area contributed by atoms with E-state index in [-0.39, 0.29) is 16.4 Å². The van der Waals surface area contributed by atoms with Crippen LogP contribution in [0.25, 0.3) is 0 Å². The summed E-state index contributed by atoms with van der Waals surface area (Å²) in [5, 5.41) is 13.1. The topological polar surface area (TPSA) is 98.5 Å². The number of benzene rings is 1. The Hall–Kier alpha value is -2.15. The van der Waals surface area contributed by atoms with Gasteiger partial charge in [-0.25, -0.2) is 0 Å². The fraction of sp³-hybridized carbons (Fsp3) is 0.500. The Labute approximate surface area is 144 Å². The summed E-state index contributed by atoms with van der Waals surface area (Å²) < 4.78 is 4.94. The van der Waals surface area contributed by atoms with Crippen molar-refractivity contribution in [1.29, 1.82) is 0 Å². The van der Waals surface area contributed by atoms with Gasteiger partial charge in [0.15, 0.2) is 6.61 Å². The van der Waals surface area contributed by atoms with Crippen LogP contribution >= 0.6 is 11.6 Å². The third kappa shape index (κ3) is 5.49. The van der Waals surface area contributed by atoms with Gasteiger partial charge in [0.1, 0.15) is 0 Å². The van der Waals surface area contributed by atoms with Crippen molar-refractivity contribution < 1.29 is 19.2 Å². The normalized spacial score (nSPS) is 14.4. The molecule has 1 aromatic carbocycles. The van der Waals surface area contributed by atoms with E-state index in [0.29, 0.717) is 12.3 Å². The molecule has 0 bridgehead atoms. The summed E-state index contributed by atoms with van der Waals surface area (Å²) in [4.78, 5) is 33.5. The molecule has 0 radical (unpaired) electrons. The van der Waals surface area contributed by atoms with Gasteiger partial charge < -0.3 is 10.1 Å². The maximum Gasteiger partial charge on any atom is 0.306 e. The fourth-order valence-corrected chi connectivity index (χ4v) is 2.97. The van der Waals surface area contributed by atoms with Crippen LogP contribution in [0.3, 0.4) is 0 Å². The first-order valence-corrected chi connectivity index (χ1v) is 8.23. The van der Waals surface area contributed by atoms with Crippen molar-refractivity contribution in [1.82, 2.24) is 0 Å². The quantitative estimate of drug-likeness (QED) is 0.457. The highest BCUT2D eigenvalue weighted by Gasteiger charge is 2.17. The molecule has 2 rings (SSSR count). The van der Waals surface area contributed by atoms with Crippen LogP contribution in [0.1, 0.15) is 38.5 Å². The van der Waals surface area contributed by atoms with Crippen LogP contribution in [0.2, 0.25) is 5.02 Å². The first-order valence-electron chi connectivity index (χ1n) is 7.85. The van der Waals surface area contributed by atoms with Gasteiger partial charge in [0.05, 0.1) is 15.6 Å². The molecule has 0 heterocycles. The molecule has 0 spiro atoms. The molecule has 130 valence electrons. The second-order valence-electron chi connectivity index (χ2n) is 5.82. The van der Waals surface area contributed by atoms with Crippen molar-refractivity contribution in [3.8, 4) is 0 Å². The predicted octanol–water partition coefficient (Wildman–Crippen LogP) is 3.70. The summed E-state index contributed by atoms with van der Waals surface area (Å²) in [6, 6.07) is 3.71. The molecule has 0 unspecified atom stereocenters. The minimum absolute atomic E-state index is 0.0464. The largest absolute Gasteiger partial charge is 0.456 e. The van der Waals surface area contributed by atoms with Gasteiger partial charge in [-0.15, -0.1) is 0 Å². The summed E-state index contributed by atoms with van der Waals surface area (Å²) in [5.41, 5.74) is 0.0608. The predicted molar refractivity (Wildman–Crippen MR) is 88.9 cm³/mol. The molecule has 7 nitrogen and oxygen atoms in total. The number of hydrogen-bond donors (Lipinski definition) is 1. The number of ether oxygens (including phenoxy) is 1. The molecule has 1 amide bonds. The van der Waals surface area contributed by atoms with Crippen LogP contribution in [0.15, 0.2) is 18.2 Å². The summed E-state index contributed by atoms with van der Waals surface area (Å²) in [6.45, 7) is -0.406. The first-order chi connectivity index (χ1) is 11.5. The molecule has 1 N–H and O–H groups in total. The number of carbonyl (C=O) groups is 2. The smallest absolute Gasteiger partial charge is 0.306 e. The Morgan fingerprint density at radius 3 is 2.67 bits per heavy atom. The molecule has 1 aliphatic rings. The monoisotopic (exact) mass is 354 g/mol. The summed E-state index contributed by atoms with van der Waals surface area (Å²) in [6.07, 6.45) is 5.87. The van der Waals surface area contributed by atoms with E-state index in [4.69, 9.17) is 16.3 Å². The Morgan fingerprint density at radius 1 is 1.33 bits per heavy atom. The van der Waals surface area contributed by atoms with Gasteiger partial charge in [0.2, 0.25) is 0 Å². The lowest BCUT2D eigenvalue weighted by Gasteiger charge is -2.09. The number of anilines is 1. The van der Waals surface area contributed by atoms with Gasteiger partial charge in [-0.3, -0.25) is 19.7 Å². The number of esters is 1. The number of rotatable bonds is 7. The molecule has 0 atom stereocenters. The highest BCUT2D eigenvalue weighted by Crippen LogP contribution is 2.28. The highest BCUT2D eigenvalue weighted by atomic mass is 35.5. The van der Waals surface area contributed by atoms with Crippen molar-refractivity contribution >= 4 is 34.9 Å². The maximum atomic E-state index is 11.8. The Kier molecular flexibility index (Phi) is 6.54. The van der Waals surface area contributed by atoms with E-state index in [0.717, 1.165) is 25.3 Å². The lowest BCUT2D eigenvalue weighted by molar-refractivity contribution is -0.384. The molecule has 0 aliphatic heterocycles. The molecule has 1 fully saturated rings. The van der Waals surface area contributed by atoms with Crippen LogP contribution in [-0.2, 0) is 14.3 Å². The van der Waals surface area contributed by atoms with E-state index in [1.165, 1.54) is 25.0 Å². The van der Waals surface area contributed by atoms with Crippen molar-refractivity contribution in [3.05, 3.63) is 33.3 Å². The van der Waals surface area contributed by atoms with Gasteiger partial charge in [-0.1, -0.05) is 37.3 Å². The number of non-ortho nitro benzene ring substituents is 1. The van der Waals surface area contributed by atoms with E-state index in [1.807, 2.05) is 0 Å². The number of nitrogens with one attached hydrogen (secondary N) is 1. The summed E-state index contributed by atoms with van der Waals surface area (Å²) in [5.74, 6) is -0.350. The zero-order valence-electron chi connectivity index (χ0n) is 13.1. The SMILES string of the molecule is O=C(COC(=O)CCC1CCCC1)Nc1ccc([N+](=O)[O-])cc1Cl. The number of nitro groups is 1. The van der Waals surface area contributed by atoms with E-state index in [2.05, 4.69) is 5.32 Å². The molecule has 0 saturated heterocycles. The van der Waals surface area contributed by atoms with Crippen LogP contribution in [0.4, 0.5) is 11.4 Å². The average Bonchev–Trinajstić information content (AvgIpc) is 3.06. The number of nitrogens with zero attached hydrogens (tertiary/aromatic N) is 1. The number of nitro benzene ring substituents is 1. The van der Waals surface area contributed by atoms with Crippen molar-refractivity contribution in [3.63, 3.8) is 0 Å². The van der Waals surface area contributed by atoms with Gasteiger partial charge >= 0.3 is 5.97 Å². The number of amides is 1. The standard InChI is InChI=1S/C16H19ClN2O5/c17-13-9-12(19(22)23)6-7-14(13)18-15(20)10-24-16(21)8-5-11-3-1-2-4-11/h6-7,9,11H,1-5,8,10H2,(H,18,20). The fourth-order valence-electron chi connectivity index (χ4n) is 2.74. The molecule has 1 saturated carbocycles. The van der Waals surface area contributed by atoms with E-state index < -0.39 is 23.4 Å². The van der Waals surface area contributed by atoms with E-state index >= 15 is 0 Å². The van der Waals surface area contributed by atoms with Gasteiger partial charge in [-0.2, -0.15) is 0 Å². The first kappa shape index (κ1) is 18.2. The Bertz CT molecular complexity index is 629. The summed E-state index contributed by atoms with van der Waals surface area (Å²) in [7, 11) is 0. The van der Waals surface area contributed by atoms with Crippen LogP contribution in [-0.4, -0.2) is 23.4 Å². The highest BCUT2D eigenvalue weighted by molar-refractivity contribution is 6.34. The summed E-state index contributed by atoms with van der Waals surface area (Å²) >= 11 is 5.88. The molecular formula is C16H19ClN2O5. The van der Waals surface area contributed by atoms with Crippen LogP contribution < -0.4 is 5.32 Å². The number of halogens is 1. The zero-order chi connectivity index (χ0) is 17.5. The lowest BCUT2D eigenvalue weighted by atomic mass is 10.0. The van der Waals surface area contributed by atoms with Gasteiger partial charge in [0, 0.05) is 18.6 Å². The van der Waals surface area contributed by atoms with Crippen molar-refractivity contribution in [2.45, 2.75) is 38.5 Å². The molecule has 24 heavy (non-hydrogen) atoms. The second kappa shape index (κ2) is 8.63. The molecule has 1 aliphatic carbocycles. The lowest BCUT2D eigenvalue weighted by Crippen LogP contribution is -2.21. The molecular weight excluding hydrogens is 336 g/mol. The number of hydrogen-bond acceptors (Lipinski definition) is 5. The Morgan fingerprint density at radius 2 is 2.04 bits per heavy atom. The maximum absolute atomic E-state index is 11.8. The second-order valence-corrected chi connectivity index (χ2v) is 6.23. The molecule has 1 aromatic rings. The van der Waals surface area contributed by atoms with Crippen molar-refractivity contribution in [2.24, 2.45) is 5.92 Å².